The molecule has 2 aromatic rings. The van der Waals surface area contributed by atoms with Crippen LogP contribution in [0.4, 0.5) is 0 Å². The van der Waals surface area contributed by atoms with E-state index in [2.05, 4.69) is 10.3 Å². The van der Waals surface area contributed by atoms with Gasteiger partial charge >= 0.3 is 0 Å². The first-order valence-electron chi connectivity index (χ1n) is 8.41. The van der Waals surface area contributed by atoms with E-state index in [1.807, 2.05) is 24.3 Å². The van der Waals surface area contributed by atoms with Crippen molar-refractivity contribution in [2.24, 2.45) is 7.05 Å². The van der Waals surface area contributed by atoms with Crippen LogP contribution in [0.25, 0.3) is 0 Å². The first-order valence-corrected chi connectivity index (χ1v) is 8.41. The lowest BCUT2D eigenvalue weighted by Gasteiger charge is -2.27. The number of rotatable bonds is 7. The zero-order valence-electron chi connectivity index (χ0n) is 14.8. The van der Waals surface area contributed by atoms with Gasteiger partial charge in [0.25, 0.3) is 5.91 Å². The molecule has 0 bridgehead atoms. The fraction of sp³-hybridized carbons (Fsp3) is 0.588. The monoisotopic (exact) mass is 348 g/mol. The average Bonchev–Trinajstić information content (AvgIpc) is 3.29. The molecular weight excluding hydrogens is 324 g/mol. The Hall–Kier alpha value is -2.19. The number of aryl methyl sites for hydroxylation is 2. The summed E-state index contributed by atoms with van der Waals surface area (Å²) in [4.78, 5) is 14.7. The van der Waals surface area contributed by atoms with E-state index in [1.54, 1.807) is 24.8 Å². The van der Waals surface area contributed by atoms with Crippen molar-refractivity contribution in [3.8, 4) is 0 Å². The lowest BCUT2D eigenvalue weighted by atomic mass is 10.0. The standard InChI is InChI=1S/C17H24N4O4/c1-12-8-14(19-25-12)17(22)21-5-4-16(24-7-6-23-3)15(21)9-13-10-18-20(2)11-13/h8,10-11,15-16H,4-7,9H2,1-3H3/t15-,16+/m0/s1. The molecule has 0 unspecified atom stereocenters. The van der Waals surface area contributed by atoms with Gasteiger partial charge in [0.05, 0.1) is 31.6 Å². The lowest BCUT2D eigenvalue weighted by molar-refractivity contribution is 0.000366. The van der Waals surface area contributed by atoms with Crippen molar-refractivity contribution < 1.29 is 18.8 Å². The number of hydrogen-bond acceptors (Lipinski definition) is 6. The fourth-order valence-corrected chi connectivity index (χ4v) is 3.23. The van der Waals surface area contributed by atoms with E-state index in [0.717, 1.165) is 12.0 Å². The molecule has 0 saturated carbocycles. The Labute approximate surface area is 146 Å². The largest absolute Gasteiger partial charge is 0.382 e. The summed E-state index contributed by atoms with van der Waals surface area (Å²) in [5, 5.41) is 8.08. The van der Waals surface area contributed by atoms with Gasteiger partial charge in [-0.3, -0.25) is 9.48 Å². The van der Waals surface area contributed by atoms with Gasteiger partial charge in [-0.25, -0.2) is 0 Å². The Morgan fingerprint density at radius 2 is 2.28 bits per heavy atom. The minimum Gasteiger partial charge on any atom is -0.382 e. The summed E-state index contributed by atoms with van der Waals surface area (Å²) in [6, 6.07) is 1.60. The van der Waals surface area contributed by atoms with Crippen LogP contribution in [-0.2, 0) is 22.9 Å². The molecule has 2 atom stereocenters. The third-order valence-corrected chi connectivity index (χ3v) is 4.41. The van der Waals surface area contributed by atoms with Crippen molar-refractivity contribution in [2.45, 2.75) is 31.9 Å². The van der Waals surface area contributed by atoms with Crippen molar-refractivity contribution in [3.63, 3.8) is 0 Å². The predicted molar refractivity (Wildman–Crippen MR) is 89.2 cm³/mol. The van der Waals surface area contributed by atoms with Crippen LogP contribution in [0.5, 0.6) is 0 Å². The van der Waals surface area contributed by atoms with E-state index >= 15 is 0 Å². The number of aromatic nitrogens is 3. The number of likely N-dealkylation sites (tertiary alicyclic amines) is 1. The summed E-state index contributed by atoms with van der Waals surface area (Å²) in [5.74, 6) is 0.503. The van der Waals surface area contributed by atoms with Crippen LogP contribution < -0.4 is 0 Å². The highest BCUT2D eigenvalue weighted by Gasteiger charge is 2.39. The second-order valence-corrected chi connectivity index (χ2v) is 6.31. The molecule has 8 heteroatoms. The van der Waals surface area contributed by atoms with Crippen LogP contribution >= 0.6 is 0 Å². The molecule has 1 aliphatic heterocycles. The van der Waals surface area contributed by atoms with Crippen LogP contribution in [0, 0.1) is 6.92 Å². The summed E-state index contributed by atoms with van der Waals surface area (Å²) in [6.07, 6.45) is 5.24. The van der Waals surface area contributed by atoms with E-state index in [1.165, 1.54) is 0 Å². The Morgan fingerprint density at radius 3 is 2.92 bits per heavy atom. The Balaban J connectivity index is 1.76. The van der Waals surface area contributed by atoms with Gasteiger partial charge in [-0.2, -0.15) is 5.10 Å². The second-order valence-electron chi connectivity index (χ2n) is 6.31. The van der Waals surface area contributed by atoms with Crippen LogP contribution in [0.3, 0.4) is 0 Å². The van der Waals surface area contributed by atoms with Gasteiger partial charge in [0, 0.05) is 33.0 Å². The van der Waals surface area contributed by atoms with Crippen molar-refractivity contribution in [2.75, 3.05) is 26.9 Å². The summed E-state index contributed by atoms with van der Waals surface area (Å²) >= 11 is 0. The Kier molecular flexibility index (Phi) is 5.50. The SMILES string of the molecule is COCCO[C@@H]1CCN(C(=O)c2cc(C)on2)[C@H]1Cc1cnn(C)c1. The van der Waals surface area contributed by atoms with Crippen LogP contribution in [-0.4, -0.2) is 64.8 Å². The molecule has 1 saturated heterocycles. The topological polar surface area (TPSA) is 82.6 Å². The fourth-order valence-electron chi connectivity index (χ4n) is 3.23. The smallest absolute Gasteiger partial charge is 0.276 e. The third-order valence-electron chi connectivity index (χ3n) is 4.41. The Morgan fingerprint density at radius 1 is 1.44 bits per heavy atom. The molecule has 0 spiro atoms. The predicted octanol–water partition coefficient (Wildman–Crippen LogP) is 1.21. The number of carbonyl (C=O) groups excluding carboxylic acids is 1. The highest BCUT2D eigenvalue weighted by Crippen LogP contribution is 2.26. The molecular formula is C17H24N4O4. The quantitative estimate of drug-likeness (QED) is 0.700. The van der Waals surface area contributed by atoms with E-state index in [4.69, 9.17) is 14.0 Å². The van der Waals surface area contributed by atoms with Gasteiger partial charge in [-0.15, -0.1) is 0 Å². The van der Waals surface area contributed by atoms with E-state index in [9.17, 15) is 4.79 Å². The summed E-state index contributed by atoms with van der Waals surface area (Å²) in [7, 11) is 3.53. The minimum atomic E-state index is -0.122. The van der Waals surface area contributed by atoms with Gasteiger partial charge in [0.15, 0.2) is 5.69 Å². The molecule has 0 radical (unpaired) electrons. The Bertz CT molecular complexity index is 711. The molecule has 0 aliphatic carbocycles. The maximum atomic E-state index is 12.8. The highest BCUT2D eigenvalue weighted by atomic mass is 16.5. The molecule has 1 amide bonds. The van der Waals surface area contributed by atoms with E-state index < -0.39 is 0 Å². The molecule has 25 heavy (non-hydrogen) atoms. The van der Waals surface area contributed by atoms with Crippen molar-refractivity contribution in [1.82, 2.24) is 19.8 Å². The molecule has 1 aliphatic rings. The average molecular weight is 348 g/mol. The second kappa shape index (κ2) is 7.79. The molecule has 3 heterocycles. The molecule has 0 N–H and O–H groups in total. The van der Waals surface area contributed by atoms with Gasteiger partial charge in [-0.1, -0.05) is 5.16 Å². The number of ether oxygens (including phenoxy) is 2. The minimum absolute atomic E-state index is 0.0349. The molecule has 8 nitrogen and oxygen atoms in total. The zero-order chi connectivity index (χ0) is 17.8. The van der Waals surface area contributed by atoms with Gasteiger partial charge in [0.2, 0.25) is 0 Å². The summed E-state index contributed by atoms with van der Waals surface area (Å²) in [6.45, 7) is 3.45. The number of amides is 1. The van der Waals surface area contributed by atoms with Crippen molar-refractivity contribution >= 4 is 5.91 Å². The summed E-state index contributed by atoms with van der Waals surface area (Å²) < 4.78 is 17.8. The van der Waals surface area contributed by atoms with Gasteiger partial charge in [0.1, 0.15) is 5.76 Å². The third kappa shape index (κ3) is 4.08. The van der Waals surface area contributed by atoms with Crippen LogP contribution in [0.2, 0.25) is 0 Å². The first-order chi connectivity index (χ1) is 12.1. The molecule has 2 aromatic heterocycles. The maximum absolute atomic E-state index is 12.8. The van der Waals surface area contributed by atoms with Crippen molar-refractivity contribution in [3.05, 3.63) is 35.5 Å². The maximum Gasteiger partial charge on any atom is 0.276 e. The molecule has 1 fully saturated rings. The van der Waals surface area contributed by atoms with Crippen LogP contribution in [0.15, 0.2) is 23.0 Å². The van der Waals surface area contributed by atoms with Gasteiger partial charge < -0.3 is 18.9 Å². The van der Waals surface area contributed by atoms with E-state index in [-0.39, 0.29) is 18.1 Å². The van der Waals surface area contributed by atoms with Crippen molar-refractivity contribution in [1.29, 1.82) is 0 Å². The molecule has 3 rings (SSSR count). The number of methoxy groups -OCH3 is 1. The highest BCUT2D eigenvalue weighted by molar-refractivity contribution is 5.92. The van der Waals surface area contributed by atoms with Gasteiger partial charge in [-0.05, 0) is 25.3 Å². The molecule has 0 aromatic carbocycles. The molecule has 136 valence electrons. The number of hydrogen-bond donors (Lipinski definition) is 0. The summed E-state index contributed by atoms with van der Waals surface area (Å²) in [5.41, 5.74) is 1.41. The first kappa shape index (κ1) is 17.6. The lowest BCUT2D eigenvalue weighted by Crippen LogP contribution is -2.42. The zero-order valence-corrected chi connectivity index (χ0v) is 14.8. The normalized spacial score (nSPS) is 20.4. The number of nitrogens with zero attached hydrogens (tertiary/aromatic N) is 4. The van der Waals surface area contributed by atoms with Crippen LogP contribution in [0.1, 0.15) is 28.2 Å². The van der Waals surface area contributed by atoms with E-state index in [0.29, 0.717) is 37.6 Å². The number of carbonyl (C=O) groups is 1.